The van der Waals surface area contributed by atoms with E-state index in [1.54, 1.807) is 36.0 Å². The normalized spacial score (nSPS) is 25.7. The Hall–Kier alpha value is -4.37. The molecule has 3 fully saturated rings. The average Bonchev–Trinajstić information content (AvgIpc) is 3.84. The van der Waals surface area contributed by atoms with Gasteiger partial charge in [0.05, 0.1) is 44.1 Å². The molecule has 2 aliphatic carbocycles. The second-order valence-corrected chi connectivity index (χ2v) is 15.9. The molecule has 51 heavy (non-hydrogen) atoms. The van der Waals surface area contributed by atoms with Gasteiger partial charge in [-0.25, -0.2) is 0 Å². The number of amides is 3. The molecule has 2 aliphatic heterocycles. The van der Waals surface area contributed by atoms with Gasteiger partial charge >= 0.3 is 4.87 Å². The lowest BCUT2D eigenvalue weighted by molar-refractivity contribution is -0.384. The van der Waals surface area contributed by atoms with Crippen molar-refractivity contribution in [1.29, 1.82) is 0 Å². The van der Waals surface area contributed by atoms with Crippen molar-refractivity contribution in [3.05, 3.63) is 101 Å². The first-order chi connectivity index (χ1) is 24.5. The predicted molar refractivity (Wildman–Crippen MR) is 192 cm³/mol. The second kappa shape index (κ2) is 13.0. The number of H-pyrrole nitrogens is 1. The molecule has 262 valence electrons. The van der Waals surface area contributed by atoms with E-state index in [9.17, 15) is 29.3 Å². The topological polar surface area (TPSA) is 161 Å². The van der Waals surface area contributed by atoms with Gasteiger partial charge in [0.1, 0.15) is 0 Å². The highest BCUT2D eigenvalue weighted by atomic mass is 35.5. The average molecular weight is 768 g/mol. The van der Waals surface area contributed by atoms with E-state index in [1.807, 2.05) is 19.1 Å². The number of hydrogen-bond donors (Lipinski definition) is 2. The number of imide groups is 1. The van der Waals surface area contributed by atoms with Crippen molar-refractivity contribution in [3.8, 4) is 11.5 Å². The number of rotatable bonds is 9. The molecule has 7 atom stereocenters. The fourth-order valence-electron chi connectivity index (χ4n) is 8.39. The van der Waals surface area contributed by atoms with Crippen molar-refractivity contribution in [2.24, 2.45) is 29.6 Å². The summed E-state index contributed by atoms with van der Waals surface area (Å²) in [5.41, 5.74) is 1.53. The molecule has 1 aromatic heterocycles. The van der Waals surface area contributed by atoms with Gasteiger partial charge in [0.25, 0.3) is 11.6 Å². The van der Waals surface area contributed by atoms with Gasteiger partial charge in [-0.3, -0.25) is 34.2 Å². The second-order valence-electron chi connectivity index (χ2n) is 12.9. The molecule has 4 aromatic rings. The van der Waals surface area contributed by atoms with Crippen LogP contribution in [0.1, 0.15) is 29.7 Å². The zero-order valence-corrected chi connectivity index (χ0v) is 29.8. The Balaban J connectivity index is 1.08. The lowest BCUT2D eigenvalue weighted by Gasteiger charge is -2.43. The SMILES string of the molecule is CCOc1cc([C@@H]2c3sc(=O)[nH]c3S[C@@H]3[C@@H]4C[C@@H]([C@@H]5C(=O)N(c6ccc([N+](=O)[O-])cc6)C(=O)[C@@H]45)[C@H]23)ccc1OCC(=O)Nc1ccc(Cl)c(Cl)c1. The molecule has 12 nitrogen and oxygen atoms in total. The van der Waals surface area contributed by atoms with E-state index in [-0.39, 0.29) is 57.9 Å². The maximum absolute atomic E-state index is 14.1. The molecular formula is C35H28Cl2N4O8S2. The number of benzene rings is 3. The van der Waals surface area contributed by atoms with E-state index in [2.05, 4.69) is 10.3 Å². The molecule has 3 heterocycles. The van der Waals surface area contributed by atoms with E-state index < -0.39 is 22.7 Å². The number of ether oxygens (including phenoxy) is 2. The monoisotopic (exact) mass is 766 g/mol. The Bertz CT molecular complexity index is 2180. The number of non-ortho nitro benzene ring substituents is 1. The van der Waals surface area contributed by atoms with E-state index in [0.717, 1.165) is 26.8 Å². The summed E-state index contributed by atoms with van der Waals surface area (Å²) in [6.07, 6.45) is 0.701. The molecule has 3 amide bonds. The maximum Gasteiger partial charge on any atom is 0.305 e. The minimum atomic E-state index is -0.540. The maximum atomic E-state index is 14.1. The van der Waals surface area contributed by atoms with E-state index in [4.69, 9.17) is 32.7 Å². The number of hydrogen-bond acceptors (Lipinski definition) is 10. The van der Waals surface area contributed by atoms with Gasteiger partial charge in [-0.05, 0) is 79.1 Å². The predicted octanol–water partition coefficient (Wildman–Crippen LogP) is 6.75. The zero-order chi connectivity index (χ0) is 35.7. The quantitative estimate of drug-likeness (QED) is 0.107. The van der Waals surface area contributed by atoms with E-state index in [0.29, 0.717) is 45.9 Å². The summed E-state index contributed by atoms with van der Waals surface area (Å²) >= 11 is 14.8. The molecule has 8 rings (SSSR count). The van der Waals surface area contributed by atoms with Gasteiger partial charge in [0.15, 0.2) is 18.1 Å². The van der Waals surface area contributed by atoms with Gasteiger partial charge in [-0.2, -0.15) is 0 Å². The first-order valence-electron chi connectivity index (χ1n) is 16.2. The van der Waals surface area contributed by atoms with Crippen LogP contribution in [0.4, 0.5) is 17.1 Å². The summed E-state index contributed by atoms with van der Waals surface area (Å²) in [6, 6.07) is 15.7. The fraction of sp³-hybridized carbons (Fsp3) is 0.314. The number of anilines is 2. The van der Waals surface area contributed by atoms with Crippen LogP contribution >= 0.6 is 46.3 Å². The standard InChI is InChI=1S/C35H28Cl2N4O8S2/c1-2-48-24-11-15(3-10-23(24)49-14-25(42)38-16-4-9-21(36)22(37)12-16)26-27-19-13-20(30(27)50-32-31(26)51-35(45)39-32)29-28(19)33(43)40(34(29)44)17-5-7-18(8-6-17)41(46)47/h3-12,19-20,26-30H,2,13-14H2,1H3,(H,38,42)(H,39,45)/t19-,20-,26+,27-,28+,29+,30-/m1/s1. The number of nitro benzene ring substituents is 1. The summed E-state index contributed by atoms with van der Waals surface area (Å²) in [4.78, 5) is 69.0. The Morgan fingerprint density at radius 1 is 0.980 bits per heavy atom. The van der Waals surface area contributed by atoms with Crippen molar-refractivity contribution in [2.75, 3.05) is 23.4 Å². The Morgan fingerprint density at radius 2 is 1.73 bits per heavy atom. The molecule has 3 aromatic carbocycles. The number of thiazole rings is 1. The summed E-state index contributed by atoms with van der Waals surface area (Å²) in [6.45, 7) is 1.86. The number of fused-ring (bicyclic) bond motifs is 9. The Morgan fingerprint density at radius 3 is 2.43 bits per heavy atom. The van der Waals surface area contributed by atoms with Crippen LogP contribution < -0.4 is 24.6 Å². The zero-order valence-electron chi connectivity index (χ0n) is 26.7. The van der Waals surface area contributed by atoms with Gasteiger partial charge in [0, 0.05) is 33.9 Å². The number of aromatic nitrogens is 1. The molecule has 0 unspecified atom stereocenters. The van der Waals surface area contributed by atoms with Crippen molar-refractivity contribution < 1.29 is 28.8 Å². The summed E-state index contributed by atoms with van der Waals surface area (Å²) in [5, 5.41) is 15.3. The van der Waals surface area contributed by atoms with E-state index >= 15 is 0 Å². The number of nitrogens with zero attached hydrogens (tertiary/aromatic N) is 2. The van der Waals surface area contributed by atoms with E-state index in [1.165, 1.54) is 29.2 Å². The third kappa shape index (κ3) is 5.68. The molecular weight excluding hydrogens is 739 g/mol. The molecule has 2 bridgehead atoms. The summed E-state index contributed by atoms with van der Waals surface area (Å²) in [7, 11) is 0. The van der Waals surface area contributed by atoms with Crippen molar-refractivity contribution in [2.45, 2.75) is 29.5 Å². The summed E-state index contributed by atoms with van der Waals surface area (Å²) < 4.78 is 11.9. The number of carbonyl (C=O) groups is 3. The number of nitrogens with one attached hydrogen (secondary N) is 2. The highest BCUT2D eigenvalue weighted by molar-refractivity contribution is 8.00. The number of aromatic amines is 1. The lowest BCUT2D eigenvalue weighted by Crippen LogP contribution is -2.42. The molecule has 2 saturated carbocycles. The molecule has 0 radical (unpaired) electrons. The van der Waals surface area contributed by atoms with Crippen LogP contribution in [0.5, 0.6) is 11.5 Å². The lowest BCUT2D eigenvalue weighted by atomic mass is 9.68. The van der Waals surface area contributed by atoms with Crippen LogP contribution in [0.15, 0.2) is 70.5 Å². The van der Waals surface area contributed by atoms with Gasteiger partial charge in [-0.1, -0.05) is 40.6 Å². The largest absolute Gasteiger partial charge is 0.490 e. The first kappa shape index (κ1) is 33.8. The van der Waals surface area contributed by atoms with Crippen molar-refractivity contribution in [1.82, 2.24) is 4.98 Å². The minimum absolute atomic E-state index is 0.0379. The molecule has 4 aliphatic rings. The Kier molecular flexibility index (Phi) is 8.60. The third-order valence-corrected chi connectivity index (χ3v) is 13.6. The molecule has 0 spiro atoms. The highest BCUT2D eigenvalue weighted by Gasteiger charge is 2.69. The summed E-state index contributed by atoms with van der Waals surface area (Å²) in [5.74, 6) is -1.82. The van der Waals surface area contributed by atoms with Gasteiger partial charge in [-0.15, -0.1) is 11.8 Å². The number of carbonyl (C=O) groups excluding carboxylic acids is 3. The number of thioether (sulfide) groups is 1. The van der Waals surface area contributed by atoms with Crippen LogP contribution in [0.25, 0.3) is 0 Å². The molecule has 2 N–H and O–H groups in total. The molecule has 1 saturated heterocycles. The van der Waals surface area contributed by atoms with Crippen LogP contribution in [-0.2, 0) is 14.4 Å². The van der Waals surface area contributed by atoms with Crippen LogP contribution in [0.2, 0.25) is 10.0 Å². The third-order valence-electron chi connectivity index (χ3n) is 10.2. The Labute approximate surface area is 308 Å². The van der Waals surface area contributed by atoms with Gasteiger partial charge in [0.2, 0.25) is 11.8 Å². The fourth-order valence-corrected chi connectivity index (χ4v) is 11.6. The number of halogens is 2. The van der Waals surface area contributed by atoms with Crippen molar-refractivity contribution in [3.63, 3.8) is 0 Å². The van der Waals surface area contributed by atoms with Crippen LogP contribution in [0, 0.1) is 39.7 Å². The highest BCUT2D eigenvalue weighted by Crippen LogP contribution is 2.69. The minimum Gasteiger partial charge on any atom is -0.490 e. The van der Waals surface area contributed by atoms with Crippen molar-refractivity contribution >= 4 is 81.1 Å². The van der Waals surface area contributed by atoms with Crippen LogP contribution in [-0.4, -0.2) is 46.1 Å². The molecule has 16 heteroatoms. The smallest absolute Gasteiger partial charge is 0.305 e. The van der Waals surface area contributed by atoms with Crippen LogP contribution in [0.3, 0.4) is 0 Å². The first-order valence-corrected chi connectivity index (χ1v) is 18.7. The van der Waals surface area contributed by atoms with Gasteiger partial charge < -0.3 is 19.8 Å². The number of nitro groups is 1.